The van der Waals surface area contributed by atoms with Crippen molar-refractivity contribution < 1.29 is 0 Å². The van der Waals surface area contributed by atoms with Crippen LogP contribution in [0.1, 0.15) is 79.0 Å². The highest BCUT2D eigenvalue weighted by atomic mass is 31.1. The Hall–Kier alpha value is -1.01. The first-order chi connectivity index (χ1) is 11.9. The third-order valence-electron chi connectivity index (χ3n) is 4.37. The average Bonchev–Trinajstić information content (AvgIpc) is 2.41. The average molecular weight is 399 g/mol. The van der Waals surface area contributed by atoms with E-state index in [1.165, 1.54) is 22.0 Å². The van der Waals surface area contributed by atoms with Crippen molar-refractivity contribution in [3.63, 3.8) is 0 Å². The van der Waals surface area contributed by atoms with Crippen LogP contribution in [-0.4, -0.2) is 8.07 Å². The summed E-state index contributed by atoms with van der Waals surface area (Å²) in [4.78, 5) is 0. The van der Waals surface area contributed by atoms with Crippen molar-refractivity contribution in [3.8, 4) is 23.0 Å². The second-order valence-electron chi connectivity index (χ2n) is 11.6. The molecule has 0 spiro atoms. The topological polar surface area (TPSA) is 0 Å². The molecule has 0 nitrogen and oxygen atoms in total. The van der Waals surface area contributed by atoms with Crippen molar-refractivity contribution in [1.29, 1.82) is 0 Å². The Kier molecular flexibility index (Phi) is 7.26. The number of rotatable bonds is 1. The van der Waals surface area contributed by atoms with Crippen LogP contribution in [0.25, 0.3) is 0 Å². The molecule has 148 valence electrons. The molecular formula is C25H39PSi. The molecule has 0 bridgehead atoms. The van der Waals surface area contributed by atoms with Crippen LogP contribution in [0.15, 0.2) is 12.1 Å². The fourth-order valence-corrected chi connectivity index (χ4v) is 4.59. The Morgan fingerprint density at radius 2 is 1.15 bits per heavy atom. The van der Waals surface area contributed by atoms with Crippen LogP contribution < -0.4 is 5.30 Å². The van der Waals surface area contributed by atoms with E-state index in [1.54, 1.807) is 0 Å². The van der Waals surface area contributed by atoms with Gasteiger partial charge in [-0.3, -0.25) is 0 Å². The summed E-state index contributed by atoms with van der Waals surface area (Å²) >= 11 is 0. The highest BCUT2D eigenvalue weighted by Gasteiger charge is 2.28. The van der Waals surface area contributed by atoms with Crippen molar-refractivity contribution in [3.05, 3.63) is 28.8 Å². The molecule has 1 aromatic carbocycles. The molecule has 0 aliphatic carbocycles. The second kappa shape index (κ2) is 8.16. The van der Waals surface area contributed by atoms with Gasteiger partial charge in [-0.2, -0.15) is 0 Å². The van der Waals surface area contributed by atoms with Gasteiger partial charge in [0.05, 0.1) is 0 Å². The van der Waals surface area contributed by atoms with Crippen molar-refractivity contribution in [2.75, 3.05) is 0 Å². The lowest BCUT2D eigenvalue weighted by Crippen LogP contribution is -2.30. The van der Waals surface area contributed by atoms with Gasteiger partial charge in [0, 0.05) is 0 Å². The first-order valence-corrected chi connectivity index (χ1v) is 14.4. The van der Waals surface area contributed by atoms with Crippen LogP contribution in [0.3, 0.4) is 0 Å². The van der Waals surface area contributed by atoms with Gasteiger partial charge >= 0.3 is 0 Å². The summed E-state index contributed by atoms with van der Waals surface area (Å²) < 4.78 is 0. The van der Waals surface area contributed by atoms with Crippen LogP contribution >= 0.6 is 8.58 Å². The molecule has 27 heavy (non-hydrogen) atoms. The summed E-state index contributed by atoms with van der Waals surface area (Å²) in [6.07, 6.45) is 0. The molecule has 0 amide bonds. The van der Waals surface area contributed by atoms with Gasteiger partial charge in [0.2, 0.25) is 0 Å². The van der Waals surface area contributed by atoms with Crippen LogP contribution in [0.5, 0.6) is 0 Å². The predicted octanol–water partition coefficient (Wildman–Crippen LogP) is 6.72. The number of benzene rings is 1. The van der Waals surface area contributed by atoms with E-state index in [-0.39, 0.29) is 16.2 Å². The maximum atomic E-state index is 3.38. The van der Waals surface area contributed by atoms with Gasteiger partial charge in [-0.25, -0.2) is 0 Å². The third-order valence-corrected chi connectivity index (χ3v) is 6.28. The molecular weight excluding hydrogens is 359 g/mol. The van der Waals surface area contributed by atoms with Crippen LogP contribution in [0, 0.1) is 23.0 Å². The molecule has 1 aromatic rings. The van der Waals surface area contributed by atoms with Gasteiger partial charge in [0.25, 0.3) is 0 Å². The lowest BCUT2D eigenvalue weighted by atomic mass is 9.75. The Balaban J connectivity index is 3.60. The SMILES string of the molecule is CC(C)(C)c1cc(C(C)(C)C)c(PC#CC#C[Si](C)(C)C)c(C(C)(C)C)c1. The number of hydrogen-bond acceptors (Lipinski definition) is 0. The molecule has 0 aliphatic rings. The van der Waals surface area contributed by atoms with E-state index < -0.39 is 8.07 Å². The normalized spacial score (nSPS) is 13.2. The van der Waals surface area contributed by atoms with Gasteiger partial charge in [0.1, 0.15) is 8.07 Å². The van der Waals surface area contributed by atoms with Crippen LogP contribution in [0.4, 0.5) is 0 Å². The van der Waals surface area contributed by atoms with Gasteiger partial charge in [-0.15, -0.1) is 5.54 Å². The molecule has 0 fully saturated rings. The third kappa shape index (κ3) is 7.49. The summed E-state index contributed by atoms with van der Waals surface area (Å²) in [5.74, 6) is 6.23. The van der Waals surface area contributed by atoms with Crippen molar-refractivity contribution in [2.45, 2.75) is 98.2 Å². The zero-order chi connectivity index (χ0) is 21.3. The fourth-order valence-electron chi connectivity index (χ4n) is 2.74. The summed E-state index contributed by atoms with van der Waals surface area (Å²) in [5.41, 5.74) is 11.3. The van der Waals surface area contributed by atoms with E-state index in [0.717, 1.165) is 0 Å². The maximum absolute atomic E-state index is 3.38. The first kappa shape index (κ1) is 24.0. The molecule has 0 saturated heterocycles. The summed E-state index contributed by atoms with van der Waals surface area (Å²) in [7, 11) is -0.883. The molecule has 1 atom stereocenters. The van der Waals surface area contributed by atoms with E-state index >= 15 is 0 Å². The lowest BCUT2D eigenvalue weighted by molar-refractivity contribution is 0.554. The van der Waals surface area contributed by atoms with E-state index in [4.69, 9.17) is 0 Å². The maximum Gasteiger partial charge on any atom is 0.130 e. The molecule has 0 aromatic heterocycles. The first-order valence-electron chi connectivity index (χ1n) is 9.90. The van der Waals surface area contributed by atoms with Crippen molar-refractivity contribution in [1.82, 2.24) is 0 Å². The van der Waals surface area contributed by atoms with Gasteiger partial charge in [0.15, 0.2) is 0 Å². The minimum atomic E-state index is -1.36. The Labute approximate surface area is 172 Å². The smallest absolute Gasteiger partial charge is 0.118 e. The Morgan fingerprint density at radius 1 is 0.704 bits per heavy atom. The molecule has 0 N–H and O–H groups in total. The molecule has 1 unspecified atom stereocenters. The van der Waals surface area contributed by atoms with Crippen molar-refractivity contribution >= 4 is 22.0 Å². The lowest BCUT2D eigenvalue weighted by Gasteiger charge is -2.33. The monoisotopic (exact) mass is 398 g/mol. The Morgan fingerprint density at radius 3 is 1.48 bits per heavy atom. The number of hydrogen-bond donors (Lipinski definition) is 0. The zero-order valence-electron chi connectivity index (χ0n) is 19.7. The fraction of sp³-hybridized carbons (Fsp3) is 0.600. The van der Waals surface area contributed by atoms with Gasteiger partial charge in [-0.05, 0) is 58.7 Å². The summed E-state index contributed by atoms with van der Waals surface area (Å²) in [5, 5.41) is 1.42. The Bertz CT molecular complexity index is 760. The quantitative estimate of drug-likeness (QED) is 0.280. The summed E-state index contributed by atoms with van der Waals surface area (Å²) in [6, 6.07) is 4.85. The molecule has 0 heterocycles. The standard InChI is InChI=1S/C25H39PSi/c1-23(2,3)19-17-20(24(4,5)6)22(21(18-19)25(7,8)9)26-15-13-14-16-27(10,11)12/h17-18,26H,1-12H3. The highest BCUT2D eigenvalue weighted by molar-refractivity contribution is 7.52. The minimum absolute atomic E-state index is 0.0925. The van der Waals surface area contributed by atoms with Crippen LogP contribution in [0.2, 0.25) is 19.6 Å². The van der Waals surface area contributed by atoms with E-state index in [1.807, 2.05) is 0 Å². The highest BCUT2D eigenvalue weighted by Crippen LogP contribution is 2.36. The molecule has 0 aliphatic heterocycles. The zero-order valence-corrected chi connectivity index (χ0v) is 21.7. The van der Waals surface area contributed by atoms with Crippen LogP contribution in [-0.2, 0) is 16.2 Å². The molecule has 2 heteroatoms. The molecule has 1 rings (SSSR count). The van der Waals surface area contributed by atoms with E-state index in [0.29, 0.717) is 8.58 Å². The second-order valence-corrected chi connectivity index (χ2v) is 17.3. The summed E-state index contributed by atoms with van der Waals surface area (Å²) in [6.45, 7) is 27.5. The van der Waals surface area contributed by atoms with Gasteiger partial charge < -0.3 is 0 Å². The minimum Gasteiger partial charge on any atom is -0.118 e. The van der Waals surface area contributed by atoms with E-state index in [9.17, 15) is 0 Å². The van der Waals surface area contributed by atoms with E-state index in [2.05, 4.69) is 117 Å². The molecule has 0 saturated carbocycles. The largest absolute Gasteiger partial charge is 0.130 e. The van der Waals surface area contributed by atoms with Crippen molar-refractivity contribution in [2.24, 2.45) is 0 Å². The predicted molar refractivity (Wildman–Crippen MR) is 129 cm³/mol. The van der Waals surface area contributed by atoms with Gasteiger partial charge in [-0.1, -0.05) is 99.7 Å². The molecule has 0 radical (unpaired) electrons.